The summed E-state index contributed by atoms with van der Waals surface area (Å²) in [7, 11) is 0. The van der Waals surface area contributed by atoms with E-state index in [-0.39, 0.29) is 25.0 Å². The largest absolute Gasteiger partial charge is 0.455 e. The first-order valence-electron chi connectivity index (χ1n) is 9.84. The van der Waals surface area contributed by atoms with Crippen molar-refractivity contribution in [3.63, 3.8) is 0 Å². The molecule has 0 radical (unpaired) electrons. The molecule has 1 atom stereocenters. The molecule has 0 aliphatic rings. The molecule has 2 aromatic rings. The van der Waals surface area contributed by atoms with E-state index >= 15 is 0 Å². The van der Waals surface area contributed by atoms with E-state index in [2.05, 4.69) is 31.3 Å². The zero-order valence-corrected chi connectivity index (χ0v) is 17.5. The van der Waals surface area contributed by atoms with E-state index in [1.54, 1.807) is 0 Å². The van der Waals surface area contributed by atoms with E-state index < -0.39 is 5.97 Å². The highest BCUT2D eigenvalue weighted by Crippen LogP contribution is 2.15. The minimum atomic E-state index is -0.399. The van der Waals surface area contributed by atoms with Gasteiger partial charge in [-0.05, 0) is 60.9 Å². The second kappa shape index (κ2) is 10.1. The van der Waals surface area contributed by atoms with Crippen molar-refractivity contribution in [2.45, 2.75) is 53.5 Å². The molecule has 0 saturated carbocycles. The lowest BCUT2D eigenvalue weighted by Crippen LogP contribution is -2.31. The van der Waals surface area contributed by atoms with Gasteiger partial charge in [-0.3, -0.25) is 9.59 Å². The van der Waals surface area contributed by atoms with Gasteiger partial charge in [0.2, 0.25) is 0 Å². The summed E-state index contributed by atoms with van der Waals surface area (Å²) >= 11 is 0. The Bertz CT molecular complexity index is 809. The summed E-state index contributed by atoms with van der Waals surface area (Å²) in [5.74, 6) is -0.0854. The number of aryl methyl sites for hydroxylation is 2. The van der Waals surface area contributed by atoms with Crippen LogP contribution in [0.15, 0.2) is 42.5 Å². The standard InChI is InChI=1S/C24H31NO3/c1-16(2)12-20-8-10-22(11-9-20)19(5)25-23(26)15-28-24(27)14-21-7-6-17(3)18(4)13-21/h6-11,13,16,19H,12,14-15H2,1-5H3,(H,25,26)/t19-/m1/s1. The second-order valence-corrected chi connectivity index (χ2v) is 7.88. The molecule has 2 rings (SSSR count). The molecule has 2 aromatic carbocycles. The number of nitrogens with one attached hydrogen (secondary N) is 1. The topological polar surface area (TPSA) is 55.4 Å². The minimum absolute atomic E-state index is 0.140. The number of esters is 1. The van der Waals surface area contributed by atoms with Crippen molar-refractivity contribution in [1.82, 2.24) is 5.32 Å². The predicted octanol–water partition coefficient (Wildman–Crippen LogP) is 4.47. The Morgan fingerprint density at radius 3 is 2.18 bits per heavy atom. The fourth-order valence-corrected chi connectivity index (χ4v) is 3.06. The van der Waals surface area contributed by atoms with Crippen LogP contribution in [-0.2, 0) is 27.2 Å². The molecule has 0 aromatic heterocycles. The number of carbonyl (C=O) groups excluding carboxylic acids is 2. The first-order valence-corrected chi connectivity index (χ1v) is 9.84. The summed E-state index contributed by atoms with van der Waals surface area (Å²) < 4.78 is 5.13. The third-order valence-electron chi connectivity index (χ3n) is 4.79. The SMILES string of the molecule is Cc1ccc(CC(=O)OCC(=O)N[C@H](C)c2ccc(CC(C)C)cc2)cc1C. The van der Waals surface area contributed by atoms with Crippen LogP contribution < -0.4 is 5.32 Å². The van der Waals surface area contributed by atoms with Gasteiger partial charge in [-0.15, -0.1) is 0 Å². The summed E-state index contributed by atoms with van der Waals surface area (Å²) in [4.78, 5) is 24.1. The van der Waals surface area contributed by atoms with Crippen molar-refractivity contribution in [1.29, 1.82) is 0 Å². The monoisotopic (exact) mass is 381 g/mol. The smallest absolute Gasteiger partial charge is 0.310 e. The van der Waals surface area contributed by atoms with Crippen LogP contribution in [0.25, 0.3) is 0 Å². The Labute approximate surface area is 168 Å². The van der Waals surface area contributed by atoms with Gasteiger partial charge in [0.15, 0.2) is 6.61 Å². The molecule has 150 valence electrons. The Balaban J connectivity index is 1.79. The highest BCUT2D eigenvalue weighted by atomic mass is 16.5. The van der Waals surface area contributed by atoms with Gasteiger partial charge in [-0.1, -0.05) is 56.3 Å². The van der Waals surface area contributed by atoms with Crippen molar-refractivity contribution in [2.24, 2.45) is 5.92 Å². The van der Waals surface area contributed by atoms with Crippen LogP contribution in [0.4, 0.5) is 0 Å². The van der Waals surface area contributed by atoms with E-state index in [0.717, 1.165) is 23.1 Å². The van der Waals surface area contributed by atoms with Crippen LogP contribution in [0.3, 0.4) is 0 Å². The Morgan fingerprint density at radius 2 is 1.57 bits per heavy atom. The average Bonchev–Trinajstić information content (AvgIpc) is 2.63. The number of carbonyl (C=O) groups is 2. The van der Waals surface area contributed by atoms with Crippen LogP contribution in [0.1, 0.15) is 54.6 Å². The number of ether oxygens (including phenoxy) is 1. The molecule has 0 bridgehead atoms. The quantitative estimate of drug-likeness (QED) is 0.687. The zero-order chi connectivity index (χ0) is 20.7. The third-order valence-corrected chi connectivity index (χ3v) is 4.79. The molecule has 28 heavy (non-hydrogen) atoms. The number of hydrogen-bond donors (Lipinski definition) is 1. The van der Waals surface area contributed by atoms with Gasteiger partial charge >= 0.3 is 5.97 Å². The van der Waals surface area contributed by atoms with Crippen LogP contribution in [0, 0.1) is 19.8 Å². The van der Waals surface area contributed by atoms with Crippen molar-refractivity contribution >= 4 is 11.9 Å². The summed E-state index contributed by atoms with van der Waals surface area (Å²) in [5.41, 5.74) is 5.53. The first-order chi connectivity index (χ1) is 13.2. The Kier molecular flexibility index (Phi) is 7.80. The highest BCUT2D eigenvalue weighted by molar-refractivity contribution is 5.81. The molecule has 0 fully saturated rings. The summed E-state index contributed by atoms with van der Waals surface area (Å²) in [6.07, 6.45) is 1.21. The lowest BCUT2D eigenvalue weighted by atomic mass is 10.00. The van der Waals surface area contributed by atoms with Crippen molar-refractivity contribution in [2.75, 3.05) is 6.61 Å². The maximum Gasteiger partial charge on any atom is 0.310 e. The van der Waals surface area contributed by atoms with Crippen LogP contribution in [0.5, 0.6) is 0 Å². The van der Waals surface area contributed by atoms with Crippen LogP contribution in [-0.4, -0.2) is 18.5 Å². The van der Waals surface area contributed by atoms with E-state index in [1.165, 1.54) is 11.1 Å². The van der Waals surface area contributed by atoms with Gasteiger partial charge in [0.25, 0.3) is 5.91 Å². The Morgan fingerprint density at radius 1 is 0.929 bits per heavy atom. The van der Waals surface area contributed by atoms with E-state index in [9.17, 15) is 9.59 Å². The first kappa shape index (κ1) is 21.7. The molecule has 0 unspecified atom stereocenters. The van der Waals surface area contributed by atoms with Gasteiger partial charge in [-0.2, -0.15) is 0 Å². The Hall–Kier alpha value is -2.62. The number of rotatable bonds is 8. The van der Waals surface area contributed by atoms with Crippen LogP contribution in [0.2, 0.25) is 0 Å². The normalized spacial score (nSPS) is 11.9. The molecular weight excluding hydrogens is 350 g/mol. The third kappa shape index (κ3) is 6.84. The molecule has 0 spiro atoms. The highest BCUT2D eigenvalue weighted by Gasteiger charge is 2.13. The number of amides is 1. The number of hydrogen-bond acceptors (Lipinski definition) is 3. The zero-order valence-electron chi connectivity index (χ0n) is 17.5. The summed E-state index contributed by atoms with van der Waals surface area (Å²) in [6, 6.07) is 14.0. The van der Waals surface area contributed by atoms with Gasteiger partial charge < -0.3 is 10.1 Å². The molecular formula is C24H31NO3. The van der Waals surface area contributed by atoms with Crippen molar-refractivity contribution < 1.29 is 14.3 Å². The predicted molar refractivity (Wildman–Crippen MR) is 112 cm³/mol. The van der Waals surface area contributed by atoms with Crippen molar-refractivity contribution in [3.8, 4) is 0 Å². The number of benzene rings is 2. The molecule has 4 nitrogen and oxygen atoms in total. The fraction of sp³-hybridized carbons (Fsp3) is 0.417. The van der Waals surface area contributed by atoms with E-state index in [1.807, 2.05) is 51.1 Å². The second-order valence-electron chi connectivity index (χ2n) is 7.88. The molecule has 1 N–H and O–H groups in total. The molecule has 0 saturated heterocycles. The van der Waals surface area contributed by atoms with Gasteiger partial charge in [0.05, 0.1) is 12.5 Å². The fourth-order valence-electron chi connectivity index (χ4n) is 3.06. The van der Waals surface area contributed by atoms with E-state index in [4.69, 9.17) is 4.74 Å². The van der Waals surface area contributed by atoms with Gasteiger partial charge in [0, 0.05) is 0 Å². The minimum Gasteiger partial charge on any atom is -0.455 e. The average molecular weight is 382 g/mol. The van der Waals surface area contributed by atoms with E-state index in [0.29, 0.717) is 5.92 Å². The molecule has 1 amide bonds. The molecule has 4 heteroatoms. The summed E-state index contributed by atoms with van der Waals surface area (Å²) in [6.45, 7) is 10.1. The molecule has 0 heterocycles. The lowest BCUT2D eigenvalue weighted by molar-refractivity contribution is -0.148. The summed E-state index contributed by atoms with van der Waals surface area (Å²) in [5, 5.41) is 2.88. The molecule has 0 aliphatic heterocycles. The van der Waals surface area contributed by atoms with Crippen LogP contribution >= 0.6 is 0 Å². The van der Waals surface area contributed by atoms with Crippen molar-refractivity contribution in [3.05, 3.63) is 70.3 Å². The molecule has 0 aliphatic carbocycles. The maximum absolute atomic E-state index is 12.1. The maximum atomic E-state index is 12.1. The van der Waals surface area contributed by atoms with Gasteiger partial charge in [0.1, 0.15) is 0 Å². The van der Waals surface area contributed by atoms with Gasteiger partial charge in [-0.25, -0.2) is 0 Å². The lowest BCUT2D eigenvalue weighted by Gasteiger charge is -2.15.